The molecule has 0 fully saturated rings. The Morgan fingerprint density at radius 1 is 1.21 bits per heavy atom. The van der Waals surface area contributed by atoms with Gasteiger partial charge in [-0.15, -0.1) is 0 Å². The van der Waals surface area contributed by atoms with Crippen LogP contribution in [0.5, 0.6) is 0 Å². The molecular formula is C16H11F2N3O3. The van der Waals surface area contributed by atoms with E-state index in [-0.39, 0.29) is 5.69 Å². The van der Waals surface area contributed by atoms with E-state index in [1.54, 1.807) is 12.1 Å². The van der Waals surface area contributed by atoms with E-state index >= 15 is 0 Å². The second-order valence-electron chi connectivity index (χ2n) is 4.86. The van der Waals surface area contributed by atoms with Gasteiger partial charge in [-0.05, 0) is 30.3 Å². The monoisotopic (exact) mass is 331 g/mol. The van der Waals surface area contributed by atoms with E-state index in [2.05, 4.69) is 10.4 Å². The Balaban J connectivity index is 1.80. The lowest BCUT2D eigenvalue weighted by atomic mass is 10.3. The summed E-state index contributed by atoms with van der Waals surface area (Å²) in [6, 6.07) is 8.69. The van der Waals surface area contributed by atoms with Crippen molar-refractivity contribution in [3.05, 3.63) is 70.7 Å². The lowest BCUT2D eigenvalue weighted by molar-refractivity contribution is -0.117. The number of benzene rings is 1. The number of furan rings is 1. The summed E-state index contributed by atoms with van der Waals surface area (Å²) in [7, 11) is 0. The molecule has 0 saturated heterocycles. The van der Waals surface area contributed by atoms with Crippen LogP contribution >= 0.6 is 0 Å². The van der Waals surface area contributed by atoms with E-state index in [1.807, 2.05) is 0 Å². The molecule has 8 heteroatoms. The minimum absolute atomic E-state index is 0.310. The molecule has 0 radical (unpaired) electrons. The molecule has 1 amide bonds. The lowest BCUT2D eigenvalue weighted by Gasteiger charge is -2.08. The summed E-state index contributed by atoms with van der Waals surface area (Å²) in [6.07, 6.45) is 1.45. The van der Waals surface area contributed by atoms with Crippen molar-refractivity contribution in [3.63, 3.8) is 0 Å². The molecule has 0 aliphatic heterocycles. The lowest BCUT2D eigenvalue weighted by Crippen LogP contribution is -2.29. The molecular weight excluding hydrogens is 320 g/mol. The van der Waals surface area contributed by atoms with Crippen LogP contribution in [-0.2, 0) is 11.3 Å². The molecule has 0 bridgehead atoms. The van der Waals surface area contributed by atoms with Crippen LogP contribution in [0.25, 0.3) is 11.5 Å². The summed E-state index contributed by atoms with van der Waals surface area (Å²) < 4.78 is 32.7. The quantitative estimate of drug-likeness (QED) is 0.796. The third kappa shape index (κ3) is 3.37. The summed E-state index contributed by atoms with van der Waals surface area (Å²) in [5.41, 5.74) is -0.459. The third-order valence-electron chi connectivity index (χ3n) is 3.14. The van der Waals surface area contributed by atoms with Gasteiger partial charge in [0.15, 0.2) is 5.76 Å². The maximum atomic E-state index is 13.5. The molecule has 6 nitrogen and oxygen atoms in total. The smallest absolute Gasteiger partial charge is 0.267 e. The number of nitrogens with one attached hydrogen (secondary N) is 1. The first-order chi connectivity index (χ1) is 11.5. The molecule has 122 valence electrons. The first-order valence-corrected chi connectivity index (χ1v) is 6.90. The molecule has 0 atom stereocenters. The number of carbonyl (C=O) groups is 1. The van der Waals surface area contributed by atoms with Gasteiger partial charge in [-0.3, -0.25) is 9.59 Å². The van der Waals surface area contributed by atoms with Crippen molar-refractivity contribution >= 4 is 11.6 Å². The molecule has 1 N–H and O–H groups in total. The van der Waals surface area contributed by atoms with E-state index in [4.69, 9.17) is 4.42 Å². The van der Waals surface area contributed by atoms with Crippen LogP contribution in [-0.4, -0.2) is 15.7 Å². The topological polar surface area (TPSA) is 77.1 Å². The van der Waals surface area contributed by atoms with E-state index in [0.29, 0.717) is 11.5 Å². The summed E-state index contributed by atoms with van der Waals surface area (Å²) in [4.78, 5) is 23.8. The fourth-order valence-corrected chi connectivity index (χ4v) is 2.04. The number of halogens is 2. The minimum Gasteiger partial charge on any atom is -0.463 e. The number of carbonyl (C=O) groups excluding carboxylic acids is 1. The molecule has 2 heterocycles. The molecule has 0 aliphatic carbocycles. The first kappa shape index (κ1) is 15.6. The van der Waals surface area contributed by atoms with Crippen molar-refractivity contribution in [1.29, 1.82) is 0 Å². The van der Waals surface area contributed by atoms with Crippen LogP contribution in [0.15, 0.2) is 57.9 Å². The zero-order chi connectivity index (χ0) is 17.1. The molecule has 2 aromatic heterocycles. The molecule has 0 saturated carbocycles. The zero-order valence-electron chi connectivity index (χ0n) is 12.2. The SMILES string of the molecule is O=C(Cn1nc(-c2ccco2)ccc1=O)Nc1cc(F)ccc1F. The Labute approximate surface area is 134 Å². The van der Waals surface area contributed by atoms with Gasteiger partial charge in [0.25, 0.3) is 5.56 Å². The van der Waals surface area contributed by atoms with Crippen LogP contribution in [0.3, 0.4) is 0 Å². The second kappa shape index (κ2) is 6.45. The fourth-order valence-electron chi connectivity index (χ4n) is 2.04. The minimum atomic E-state index is -0.783. The summed E-state index contributed by atoms with van der Waals surface area (Å²) in [6.45, 7) is -0.455. The number of nitrogens with zero attached hydrogens (tertiary/aromatic N) is 2. The third-order valence-corrected chi connectivity index (χ3v) is 3.14. The average molecular weight is 331 g/mol. The fraction of sp³-hybridized carbons (Fsp3) is 0.0625. The number of amides is 1. The zero-order valence-corrected chi connectivity index (χ0v) is 12.2. The molecule has 1 aromatic carbocycles. The van der Waals surface area contributed by atoms with E-state index in [1.165, 1.54) is 18.4 Å². The predicted octanol–water partition coefficient (Wildman–Crippen LogP) is 2.42. The highest BCUT2D eigenvalue weighted by Gasteiger charge is 2.12. The Bertz CT molecular complexity index is 936. The van der Waals surface area contributed by atoms with E-state index < -0.39 is 29.6 Å². The number of anilines is 1. The van der Waals surface area contributed by atoms with Gasteiger partial charge in [0.1, 0.15) is 23.9 Å². The Morgan fingerprint density at radius 3 is 2.79 bits per heavy atom. The largest absolute Gasteiger partial charge is 0.463 e. The summed E-state index contributed by atoms with van der Waals surface area (Å²) in [5, 5.41) is 6.22. The number of rotatable bonds is 4. The van der Waals surface area contributed by atoms with Crippen LogP contribution in [0.2, 0.25) is 0 Å². The van der Waals surface area contributed by atoms with Gasteiger partial charge in [0, 0.05) is 12.1 Å². The van der Waals surface area contributed by atoms with Crippen molar-refractivity contribution in [3.8, 4) is 11.5 Å². The van der Waals surface area contributed by atoms with Crippen molar-refractivity contribution < 1.29 is 18.0 Å². The highest BCUT2D eigenvalue weighted by Crippen LogP contribution is 2.16. The van der Waals surface area contributed by atoms with Crippen molar-refractivity contribution in [2.45, 2.75) is 6.54 Å². The van der Waals surface area contributed by atoms with E-state index in [9.17, 15) is 18.4 Å². The van der Waals surface area contributed by atoms with Crippen LogP contribution in [0.1, 0.15) is 0 Å². The van der Waals surface area contributed by atoms with Gasteiger partial charge in [-0.1, -0.05) is 0 Å². The average Bonchev–Trinajstić information content (AvgIpc) is 3.07. The Hall–Kier alpha value is -3.29. The van der Waals surface area contributed by atoms with Crippen molar-refractivity contribution in [2.24, 2.45) is 0 Å². The molecule has 0 unspecified atom stereocenters. The summed E-state index contributed by atoms with van der Waals surface area (Å²) in [5.74, 6) is -1.76. The highest BCUT2D eigenvalue weighted by molar-refractivity contribution is 5.90. The summed E-state index contributed by atoms with van der Waals surface area (Å²) >= 11 is 0. The van der Waals surface area contributed by atoms with Crippen LogP contribution < -0.4 is 10.9 Å². The maximum absolute atomic E-state index is 13.5. The number of aromatic nitrogens is 2. The molecule has 3 rings (SSSR count). The van der Waals surface area contributed by atoms with Gasteiger partial charge in [0.05, 0.1) is 12.0 Å². The van der Waals surface area contributed by atoms with Gasteiger partial charge in [-0.25, -0.2) is 13.5 Å². The van der Waals surface area contributed by atoms with Gasteiger partial charge in [0.2, 0.25) is 5.91 Å². The highest BCUT2D eigenvalue weighted by atomic mass is 19.1. The Morgan fingerprint density at radius 2 is 2.04 bits per heavy atom. The first-order valence-electron chi connectivity index (χ1n) is 6.90. The van der Waals surface area contributed by atoms with Crippen LogP contribution in [0.4, 0.5) is 14.5 Å². The Kier molecular flexibility index (Phi) is 4.19. The van der Waals surface area contributed by atoms with Crippen LogP contribution in [0, 0.1) is 11.6 Å². The number of hydrogen-bond donors (Lipinski definition) is 1. The number of hydrogen-bond acceptors (Lipinski definition) is 4. The van der Waals surface area contributed by atoms with E-state index in [0.717, 1.165) is 22.9 Å². The molecule has 24 heavy (non-hydrogen) atoms. The standard InChI is InChI=1S/C16H11F2N3O3/c17-10-3-4-11(18)13(8-10)19-15(22)9-21-16(23)6-5-12(20-21)14-2-1-7-24-14/h1-8H,9H2,(H,19,22). The second-order valence-corrected chi connectivity index (χ2v) is 4.86. The van der Waals surface area contributed by atoms with Crippen molar-refractivity contribution in [2.75, 3.05) is 5.32 Å². The van der Waals surface area contributed by atoms with Gasteiger partial charge >= 0.3 is 0 Å². The molecule has 3 aromatic rings. The van der Waals surface area contributed by atoms with Gasteiger partial charge in [-0.2, -0.15) is 5.10 Å². The normalized spacial score (nSPS) is 10.6. The van der Waals surface area contributed by atoms with Crippen molar-refractivity contribution in [1.82, 2.24) is 9.78 Å². The maximum Gasteiger partial charge on any atom is 0.267 e. The predicted molar refractivity (Wildman–Crippen MR) is 81.2 cm³/mol. The van der Waals surface area contributed by atoms with Gasteiger partial charge < -0.3 is 9.73 Å². The molecule has 0 aliphatic rings. The molecule has 0 spiro atoms.